The summed E-state index contributed by atoms with van der Waals surface area (Å²) in [5.74, 6) is -0.460. The quantitative estimate of drug-likeness (QED) is 0.891. The van der Waals surface area contributed by atoms with Gasteiger partial charge in [-0.25, -0.2) is 0 Å². The Morgan fingerprint density at radius 2 is 1.83 bits per heavy atom. The normalized spacial score (nSPS) is 14.0. The van der Waals surface area contributed by atoms with Crippen molar-refractivity contribution in [2.45, 2.75) is 33.6 Å². The fourth-order valence-electron chi connectivity index (χ4n) is 3.01. The average molecular weight is 331 g/mol. The molecule has 0 atom stereocenters. The number of anilines is 1. The molecule has 0 unspecified atom stereocenters. The van der Waals surface area contributed by atoms with Crippen LogP contribution in [0, 0.1) is 20.8 Å². The van der Waals surface area contributed by atoms with Gasteiger partial charge in [0.15, 0.2) is 0 Å². The third-order valence-corrected chi connectivity index (χ3v) is 4.25. The number of likely N-dealkylation sites (tertiary alicyclic amines) is 1. The van der Waals surface area contributed by atoms with Gasteiger partial charge in [0.25, 0.3) is 0 Å². The Bertz CT molecular complexity index is 646. The number of carbonyl (C=O) groups excluding carboxylic acids is 3. The summed E-state index contributed by atoms with van der Waals surface area (Å²) in [7, 11) is 1.58. The maximum Gasteiger partial charge on any atom is 0.243 e. The molecule has 24 heavy (non-hydrogen) atoms. The maximum atomic E-state index is 12.2. The van der Waals surface area contributed by atoms with Crippen molar-refractivity contribution in [3.63, 3.8) is 0 Å². The summed E-state index contributed by atoms with van der Waals surface area (Å²) in [5.41, 5.74) is 3.93. The van der Waals surface area contributed by atoms with Crippen molar-refractivity contribution < 1.29 is 14.4 Å². The molecule has 1 heterocycles. The molecule has 1 aliphatic rings. The van der Waals surface area contributed by atoms with E-state index in [-0.39, 0.29) is 30.8 Å². The summed E-state index contributed by atoms with van der Waals surface area (Å²) in [6, 6.07) is 4.02. The summed E-state index contributed by atoms with van der Waals surface area (Å²) in [6.45, 7) is 6.54. The molecule has 130 valence electrons. The predicted molar refractivity (Wildman–Crippen MR) is 92.7 cm³/mol. The minimum absolute atomic E-state index is 0.00658. The van der Waals surface area contributed by atoms with Crippen molar-refractivity contribution in [2.75, 3.05) is 32.0 Å². The molecule has 1 aromatic rings. The summed E-state index contributed by atoms with van der Waals surface area (Å²) >= 11 is 0. The Hall–Kier alpha value is -2.37. The van der Waals surface area contributed by atoms with Gasteiger partial charge in [0.1, 0.15) is 0 Å². The van der Waals surface area contributed by atoms with Gasteiger partial charge >= 0.3 is 0 Å². The van der Waals surface area contributed by atoms with Crippen molar-refractivity contribution in [3.05, 3.63) is 28.8 Å². The van der Waals surface area contributed by atoms with Crippen LogP contribution in [0.15, 0.2) is 12.1 Å². The molecule has 1 saturated heterocycles. The first kappa shape index (κ1) is 18.0. The number of nitrogens with zero attached hydrogens (tertiary/aromatic N) is 2. The highest BCUT2D eigenvalue weighted by molar-refractivity contribution is 5.96. The van der Waals surface area contributed by atoms with Gasteiger partial charge in [-0.3, -0.25) is 14.4 Å². The van der Waals surface area contributed by atoms with Crippen LogP contribution in [0.2, 0.25) is 0 Å². The molecule has 0 bridgehead atoms. The predicted octanol–water partition coefficient (Wildman–Crippen LogP) is 1.63. The van der Waals surface area contributed by atoms with Crippen molar-refractivity contribution in [1.82, 2.24) is 9.80 Å². The van der Waals surface area contributed by atoms with Crippen molar-refractivity contribution in [2.24, 2.45) is 0 Å². The Morgan fingerprint density at radius 3 is 2.38 bits per heavy atom. The number of rotatable bonds is 5. The van der Waals surface area contributed by atoms with E-state index in [4.69, 9.17) is 0 Å². The summed E-state index contributed by atoms with van der Waals surface area (Å²) < 4.78 is 0. The van der Waals surface area contributed by atoms with Crippen LogP contribution in [0.5, 0.6) is 0 Å². The van der Waals surface area contributed by atoms with Gasteiger partial charge in [-0.15, -0.1) is 0 Å². The van der Waals surface area contributed by atoms with Gasteiger partial charge in [-0.1, -0.05) is 17.7 Å². The third kappa shape index (κ3) is 4.34. The highest BCUT2D eigenvalue weighted by Gasteiger charge is 2.24. The van der Waals surface area contributed by atoms with Gasteiger partial charge in [-0.05, 0) is 38.3 Å². The molecule has 1 N–H and O–H groups in total. The number of likely N-dealkylation sites (N-methyl/N-ethyl adjacent to an activating group) is 1. The van der Waals surface area contributed by atoms with Crippen LogP contribution in [-0.2, 0) is 14.4 Å². The van der Waals surface area contributed by atoms with E-state index < -0.39 is 0 Å². The number of aryl methyl sites for hydroxylation is 3. The Morgan fingerprint density at radius 1 is 1.21 bits per heavy atom. The average Bonchev–Trinajstić information content (AvgIpc) is 2.88. The van der Waals surface area contributed by atoms with Gasteiger partial charge in [-0.2, -0.15) is 0 Å². The molecule has 1 aliphatic heterocycles. The number of carbonyl (C=O) groups is 3. The molecule has 6 heteroatoms. The minimum atomic E-state index is -0.242. The molecule has 0 aliphatic carbocycles. The van der Waals surface area contributed by atoms with Gasteiger partial charge < -0.3 is 15.1 Å². The van der Waals surface area contributed by atoms with Crippen molar-refractivity contribution in [1.29, 1.82) is 0 Å². The van der Waals surface area contributed by atoms with Crippen molar-refractivity contribution >= 4 is 23.4 Å². The second-order valence-corrected chi connectivity index (χ2v) is 6.49. The number of hydrogen-bond acceptors (Lipinski definition) is 3. The summed E-state index contributed by atoms with van der Waals surface area (Å²) in [5, 5.41) is 2.88. The summed E-state index contributed by atoms with van der Waals surface area (Å²) in [6.07, 6.45) is 1.30. The molecule has 3 amide bonds. The van der Waals surface area contributed by atoms with Gasteiger partial charge in [0, 0.05) is 25.7 Å². The third-order valence-electron chi connectivity index (χ3n) is 4.25. The molecular weight excluding hydrogens is 306 g/mol. The lowest BCUT2D eigenvalue weighted by molar-refractivity contribution is -0.138. The van der Waals surface area contributed by atoms with E-state index in [1.165, 1.54) is 4.90 Å². The van der Waals surface area contributed by atoms with Gasteiger partial charge in [0.05, 0.1) is 13.1 Å². The zero-order valence-electron chi connectivity index (χ0n) is 14.8. The fourth-order valence-corrected chi connectivity index (χ4v) is 3.01. The molecular formula is C18H25N3O3. The first-order valence-electron chi connectivity index (χ1n) is 8.17. The highest BCUT2D eigenvalue weighted by atomic mass is 16.2. The monoisotopic (exact) mass is 331 g/mol. The largest absolute Gasteiger partial charge is 0.335 e. The van der Waals surface area contributed by atoms with Gasteiger partial charge in [0.2, 0.25) is 17.7 Å². The van der Waals surface area contributed by atoms with Crippen LogP contribution in [0.25, 0.3) is 0 Å². The van der Waals surface area contributed by atoms with E-state index in [0.717, 1.165) is 28.8 Å². The first-order chi connectivity index (χ1) is 11.3. The second-order valence-electron chi connectivity index (χ2n) is 6.49. The SMILES string of the molecule is Cc1cc(C)c(NC(=O)CN(C)C(=O)CN2CCCC2=O)c(C)c1. The topological polar surface area (TPSA) is 69.7 Å². The van der Waals surface area contributed by atoms with E-state index in [0.29, 0.717) is 13.0 Å². The van der Waals surface area contributed by atoms with Crippen LogP contribution < -0.4 is 5.32 Å². The lowest BCUT2D eigenvalue weighted by Crippen LogP contribution is -2.42. The van der Waals surface area contributed by atoms with Crippen LogP contribution >= 0.6 is 0 Å². The number of amides is 3. The van der Waals surface area contributed by atoms with Crippen LogP contribution in [0.3, 0.4) is 0 Å². The molecule has 1 fully saturated rings. The molecule has 2 rings (SSSR count). The minimum Gasteiger partial charge on any atom is -0.335 e. The molecule has 0 radical (unpaired) electrons. The van der Waals surface area contributed by atoms with E-state index in [1.807, 2.05) is 32.9 Å². The smallest absolute Gasteiger partial charge is 0.243 e. The zero-order chi connectivity index (χ0) is 17.9. The highest BCUT2D eigenvalue weighted by Crippen LogP contribution is 2.21. The van der Waals surface area contributed by atoms with Crippen molar-refractivity contribution in [3.8, 4) is 0 Å². The van der Waals surface area contributed by atoms with E-state index >= 15 is 0 Å². The van der Waals surface area contributed by atoms with Crippen LogP contribution in [-0.4, -0.2) is 54.2 Å². The van der Waals surface area contributed by atoms with E-state index in [1.54, 1.807) is 11.9 Å². The summed E-state index contributed by atoms with van der Waals surface area (Å²) in [4.78, 5) is 38.9. The van der Waals surface area contributed by atoms with E-state index in [2.05, 4.69) is 5.32 Å². The first-order valence-corrected chi connectivity index (χ1v) is 8.17. The number of hydrogen-bond donors (Lipinski definition) is 1. The standard InChI is InChI=1S/C18H25N3O3/c1-12-8-13(2)18(14(3)9-12)19-15(22)10-20(4)17(24)11-21-7-5-6-16(21)23/h8-9H,5-7,10-11H2,1-4H3,(H,19,22). The second kappa shape index (κ2) is 7.47. The van der Waals surface area contributed by atoms with E-state index in [9.17, 15) is 14.4 Å². The Kier molecular flexibility index (Phi) is 5.59. The molecule has 0 aromatic heterocycles. The molecule has 0 spiro atoms. The maximum absolute atomic E-state index is 12.2. The number of benzene rings is 1. The Labute approximate surface area is 142 Å². The zero-order valence-corrected chi connectivity index (χ0v) is 14.8. The molecule has 1 aromatic carbocycles. The van der Waals surface area contributed by atoms with Crippen LogP contribution in [0.1, 0.15) is 29.5 Å². The lowest BCUT2D eigenvalue weighted by Gasteiger charge is -2.21. The molecule has 0 saturated carbocycles. The lowest BCUT2D eigenvalue weighted by atomic mass is 10.1. The van der Waals surface area contributed by atoms with Crippen LogP contribution in [0.4, 0.5) is 5.69 Å². The fraction of sp³-hybridized carbons (Fsp3) is 0.500. The number of nitrogens with one attached hydrogen (secondary N) is 1. The Balaban J connectivity index is 1.92. The molecule has 6 nitrogen and oxygen atoms in total.